The highest BCUT2D eigenvalue weighted by molar-refractivity contribution is 4.98. The van der Waals surface area contributed by atoms with E-state index in [0.717, 1.165) is 6.42 Å². The minimum atomic E-state index is 1.08. The van der Waals surface area contributed by atoms with E-state index in [9.17, 15) is 0 Å². The number of rotatable bonds is 1. The van der Waals surface area contributed by atoms with E-state index in [0.29, 0.717) is 0 Å². The number of hydrogen-bond donors (Lipinski definition) is 0. The second kappa shape index (κ2) is 1.55. The summed E-state index contributed by atoms with van der Waals surface area (Å²) in [6, 6.07) is 0. The van der Waals surface area contributed by atoms with Gasteiger partial charge in [-0.25, -0.2) is 0 Å². The first-order valence-corrected chi connectivity index (χ1v) is 2.56. The van der Waals surface area contributed by atoms with Crippen molar-refractivity contribution in [3.05, 3.63) is 12.8 Å². The van der Waals surface area contributed by atoms with Gasteiger partial charge in [0, 0.05) is 6.42 Å². The Balaban J connectivity index is 2.01. The van der Waals surface area contributed by atoms with Gasteiger partial charge in [-0.2, -0.15) is 0 Å². The van der Waals surface area contributed by atoms with E-state index in [1.165, 1.54) is 19.3 Å². The third-order valence-corrected chi connectivity index (χ3v) is 1.41. The lowest BCUT2D eigenvalue weighted by molar-refractivity contribution is 0.532. The fourth-order valence-corrected chi connectivity index (χ4v) is 0.677. The number of hydrogen-bond acceptors (Lipinski definition) is 0. The van der Waals surface area contributed by atoms with Crippen LogP contribution < -0.4 is 0 Å². The Hall–Kier alpha value is -0.130. The van der Waals surface area contributed by atoms with Gasteiger partial charge in [-0.1, -0.05) is 0 Å². The molecule has 34 valence electrons. The van der Waals surface area contributed by atoms with Gasteiger partial charge in [-0.3, -0.25) is 6.92 Å². The molecule has 0 aliphatic heterocycles. The lowest BCUT2D eigenvalue weighted by Crippen LogP contribution is -2.05. The zero-order valence-corrected chi connectivity index (χ0v) is 4.04. The van der Waals surface area contributed by atoms with Crippen LogP contribution in [0.5, 0.6) is 0 Å². The molecule has 0 atom stereocenters. The Morgan fingerprint density at radius 3 is 2.17 bits per heavy atom. The Bertz CT molecular complexity index is 32.5. The van der Waals surface area contributed by atoms with Gasteiger partial charge in [0.2, 0.25) is 0 Å². The van der Waals surface area contributed by atoms with Crippen molar-refractivity contribution in [1.82, 2.24) is 0 Å². The van der Waals surface area contributed by atoms with Crippen LogP contribution in [0, 0.1) is 12.8 Å². The van der Waals surface area contributed by atoms with Gasteiger partial charge in [0.25, 0.3) is 0 Å². The lowest BCUT2D eigenvalue weighted by atomic mass is 9.84. The van der Waals surface area contributed by atoms with Gasteiger partial charge < -0.3 is 0 Å². The van der Waals surface area contributed by atoms with Crippen LogP contribution in [-0.4, -0.2) is 0 Å². The van der Waals surface area contributed by atoms with E-state index >= 15 is 0 Å². The highest BCUT2D eigenvalue weighted by Gasteiger charge is 2.23. The molecule has 0 amide bonds. The lowest BCUT2D eigenvalue weighted by Gasteiger charge is -2.13. The molecule has 0 N–H and O–H groups in total. The van der Waals surface area contributed by atoms with Gasteiger partial charge >= 0.3 is 0 Å². The van der Waals surface area contributed by atoms with Crippen molar-refractivity contribution in [2.75, 3.05) is 0 Å². The van der Waals surface area contributed by atoms with E-state index in [-0.39, 0.29) is 0 Å². The second-order valence-corrected chi connectivity index (χ2v) is 1.85. The van der Waals surface area contributed by atoms with Gasteiger partial charge in [0.05, 0.1) is 18.8 Å². The summed E-state index contributed by atoms with van der Waals surface area (Å²) in [4.78, 5) is 0. The third-order valence-electron chi connectivity index (χ3n) is 1.41. The molecule has 0 aromatic rings. The van der Waals surface area contributed by atoms with Crippen molar-refractivity contribution in [2.45, 2.75) is 25.7 Å². The molecule has 1 saturated carbocycles. The normalized spacial score (nSPS) is 20.5. The third kappa shape index (κ3) is 0.515. The average Bonchev–Trinajstić information content (AvgIpc) is 1.31. The summed E-state index contributed by atoms with van der Waals surface area (Å²) in [5.41, 5.74) is 0. The molecule has 0 heteroatoms. The van der Waals surface area contributed by atoms with Gasteiger partial charge in [0.15, 0.2) is 0 Å². The molecule has 0 aromatic heterocycles. The first-order valence-electron chi connectivity index (χ1n) is 2.56. The molecule has 0 nitrogen and oxygen atoms in total. The second-order valence-electron chi connectivity index (χ2n) is 1.85. The molecule has 0 heterocycles. The minimum absolute atomic E-state index is 1.08. The summed E-state index contributed by atoms with van der Waals surface area (Å²) < 4.78 is 0. The SMILES string of the molecule is [CH2-]C[C+]1CCC1. The van der Waals surface area contributed by atoms with Crippen molar-refractivity contribution in [3.63, 3.8) is 0 Å². The predicted octanol–water partition coefficient (Wildman–Crippen LogP) is 1.97. The maximum Gasteiger partial charge on any atom is 0.0912 e. The van der Waals surface area contributed by atoms with E-state index in [4.69, 9.17) is 0 Å². The molecular formula is C6H10. The summed E-state index contributed by atoms with van der Waals surface area (Å²) in [6.45, 7) is 3.77. The predicted molar refractivity (Wildman–Crippen MR) is 27.1 cm³/mol. The van der Waals surface area contributed by atoms with E-state index < -0.39 is 0 Å². The Labute approximate surface area is 39.6 Å². The maximum atomic E-state index is 3.77. The fourth-order valence-electron chi connectivity index (χ4n) is 0.677. The van der Waals surface area contributed by atoms with Crippen molar-refractivity contribution in [1.29, 1.82) is 0 Å². The van der Waals surface area contributed by atoms with E-state index in [1.54, 1.807) is 5.92 Å². The van der Waals surface area contributed by atoms with Crippen LogP contribution in [0.25, 0.3) is 0 Å². The molecular weight excluding hydrogens is 72.1 g/mol. The van der Waals surface area contributed by atoms with Gasteiger partial charge in [-0.05, 0) is 6.42 Å². The Morgan fingerprint density at radius 1 is 1.50 bits per heavy atom. The summed E-state index contributed by atoms with van der Waals surface area (Å²) in [5.74, 6) is 1.66. The van der Waals surface area contributed by atoms with Gasteiger partial charge in [0.1, 0.15) is 0 Å². The zero-order chi connectivity index (χ0) is 4.41. The van der Waals surface area contributed by atoms with E-state index in [2.05, 4.69) is 6.92 Å². The smallest absolute Gasteiger partial charge is 0.0912 e. The molecule has 0 radical (unpaired) electrons. The van der Waals surface area contributed by atoms with E-state index in [1.807, 2.05) is 0 Å². The standard InChI is InChI=1S/C6H10/c1-2-6-4-3-5-6/h1-5H2. The molecule has 6 heavy (non-hydrogen) atoms. The molecule has 0 bridgehead atoms. The van der Waals surface area contributed by atoms with Crippen molar-refractivity contribution in [2.24, 2.45) is 0 Å². The van der Waals surface area contributed by atoms with Crippen LogP contribution in [0.15, 0.2) is 0 Å². The summed E-state index contributed by atoms with van der Waals surface area (Å²) in [5, 5.41) is 0. The average molecular weight is 82.1 g/mol. The van der Waals surface area contributed by atoms with Crippen LogP contribution in [0.2, 0.25) is 0 Å². The first kappa shape index (κ1) is 4.04. The minimum Gasteiger partial charge on any atom is -0.299 e. The Kier molecular flexibility index (Phi) is 1.04. The molecule has 0 spiro atoms. The topological polar surface area (TPSA) is 0 Å². The van der Waals surface area contributed by atoms with Crippen LogP contribution in [0.4, 0.5) is 0 Å². The van der Waals surface area contributed by atoms with Gasteiger partial charge in [-0.15, -0.1) is 0 Å². The zero-order valence-electron chi connectivity index (χ0n) is 4.04. The quantitative estimate of drug-likeness (QED) is 0.424. The maximum absolute atomic E-state index is 3.77. The van der Waals surface area contributed by atoms with Crippen LogP contribution in [0.3, 0.4) is 0 Å². The molecule has 1 aliphatic carbocycles. The molecule has 1 rings (SSSR count). The monoisotopic (exact) mass is 82.1 g/mol. The Morgan fingerprint density at radius 2 is 2.17 bits per heavy atom. The van der Waals surface area contributed by atoms with Crippen LogP contribution in [-0.2, 0) is 0 Å². The largest absolute Gasteiger partial charge is 0.299 e. The molecule has 1 aliphatic rings. The van der Waals surface area contributed by atoms with Crippen LogP contribution in [0.1, 0.15) is 25.7 Å². The fraction of sp³-hybridized carbons (Fsp3) is 0.667. The summed E-state index contributed by atoms with van der Waals surface area (Å²) in [7, 11) is 0. The molecule has 0 saturated heterocycles. The van der Waals surface area contributed by atoms with Crippen molar-refractivity contribution >= 4 is 0 Å². The molecule has 0 aromatic carbocycles. The molecule has 0 unspecified atom stereocenters. The van der Waals surface area contributed by atoms with Crippen LogP contribution >= 0.6 is 0 Å². The first-order chi connectivity index (χ1) is 2.93. The summed E-state index contributed by atoms with van der Waals surface area (Å²) >= 11 is 0. The highest BCUT2D eigenvalue weighted by Crippen LogP contribution is 2.30. The summed E-state index contributed by atoms with van der Waals surface area (Å²) in [6.07, 6.45) is 5.23. The molecule has 1 fully saturated rings. The highest BCUT2D eigenvalue weighted by atomic mass is 14.2. The van der Waals surface area contributed by atoms with Crippen molar-refractivity contribution in [3.8, 4) is 0 Å². The van der Waals surface area contributed by atoms with Crippen molar-refractivity contribution < 1.29 is 0 Å².